The maximum atomic E-state index is 13.5. The Bertz CT molecular complexity index is 1160. The van der Waals surface area contributed by atoms with Gasteiger partial charge in [0.25, 0.3) is 5.91 Å². The van der Waals surface area contributed by atoms with Crippen LogP contribution in [-0.4, -0.2) is 46.0 Å². The third kappa shape index (κ3) is 2.59. The summed E-state index contributed by atoms with van der Waals surface area (Å²) in [5, 5.41) is 6.79. The lowest BCUT2D eigenvalue weighted by molar-refractivity contribution is -0.165. The number of fused-ring (bicyclic) bond motifs is 5. The van der Waals surface area contributed by atoms with E-state index in [0.29, 0.717) is 6.54 Å². The Morgan fingerprint density at radius 1 is 1.10 bits per heavy atom. The quantitative estimate of drug-likeness (QED) is 0.688. The van der Waals surface area contributed by atoms with Crippen molar-refractivity contribution in [2.45, 2.75) is 25.8 Å². The van der Waals surface area contributed by atoms with Crippen molar-refractivity contribution >= 4 is 28.9 Å². The summed E-state index contributed by atoms with van der Waals surface area (Å²) in [6.07, 6.45) is 2.37. The molecule has 0 spiro atoms. The van der Waals surface area contributed by atoms with Crippen LogP contribution in [0.3, 0.4) is 0 Å². The fourth-order valence-electron chi connectivity index (χ4n) is 4.47. The van der Waals surface area contributed by atoms with Crippen molar-refractivity contribution in [3.8, 4) is 0 Å². The molecule has 0 bridgehead atoms. The number of aromatic nitrogens is 1. The first-order chi connectivity index (χ1) is 14.0. The van der Waals surface area contributed by atoms with Crippen LogP contribution in [0.1, 0.15) is 29.3 Å². The van der Waals surface area contributed by atoms with E-state index in [2.05, 4.69) is 16.2 Å². The van der Waals surface area contributed by atoms with Crippen LogP contribution in [-0.2, 0) is 21.5 Å². The van der Waals surface area contributed by atoms with Gasteiger partial charge in [0.15, 0.2) is 5.54 Å². The van der Waals surface area contributed by atoms with Crippen LogP contribution in [0.25, 0.3) is 10.9 Å². The molecule has 1 atom stereocenters. The first kappa shape index (κ1) is 17.7. The normalized spacial score (nSPS) is 21.7. The van der Waals surface area contributed by atoms with Crippen molar-refractivity contribution in [1.82, 2.24) is 14.9 Å². The lowest BCUT2D eigenvalue weighted by Crippen LogP contribution is -2.65. The van der Waals surface area contributed by atoms with Crippen LogP contribution < -0.4 is 0 Å². The number of carbonyl (C=O) groups excluding carboxylic acids is 2. The molecule has 0 saturated carbocycles. The highest BCUT2D eigenvalue weighted by Crippen LogP contribution is 2.41. The number of piperazine rings is 1. The van der Waals surface area contributed by atoms with Crippen molar-refractivity contribution in [2.75, 3.05) is 13.1 Å². The number of nitrogens with one attached hydrogen (secondary N) is 1. The molecule has 0 radical (unpaired) electrons. The summed E-state index contributed by atoms with van der Waals surface area (Å²) in [5.74, 6) is -0.273. The Labute approximate surface area is 168 Å². The van der Waals surface area contributed by atoms with Gasteiger partial charge in [0, 0.05) is 17.4 Å². The molecule has 1 N–H and O–H groups in total. The van der Waals surface area contributed by atoms with E-state index in [1.54, 1.807) is 11.1 Å². The Hall–Kier alpha value is -3.41. The van der Waals surface area contributed by atoms with E-state index in [9.17, 15) is 9.59 Å². The van der Waals surface area contributed by atoms with E-state index in [0.717, 1.165) is 39.7 Å². The zero-order chi connectivity index (χ0) is 20.2. The molecule has 6 nitrogen and oxygen atoms in total. The molecule has 2 aliphatic rings. The van der Waals surface area contributed by atoms with Crippen LogP contribution in [0.5, 0.6) is 0 Å². The van der Waals surface area contributed by atoms with Gasteiger partial charge < -0.3 is 9.88 Å². The van der Waals surface area contributed by atoms with E-state index in [1.807, 2.05) is 56.3 Å². The van der Waals surface area contributed by atoms with Gasteiger partial charge in [0.2, 0.25) is 5.91 Å². The van der Waals surface area contributed by atoms with Gasteiger partial charge in [-0.3, -0.25) is 9.59 Å². The van der Waals surface area contributed by atoms with Crippen molar-refractivity contribution in [3.05, 3.63) is 70.9 Å². The highest BCUT2D eigenvalue weighted by Gasteiger charge is 2.54. The molecule has 0 aliphatic carbocycles. The van der Waals surface area contributed by atoms with E-state index >= 15 is 0 Å². The largest absolute Gasteiger partial charge is 0.356 e. The summed E-state index contributed by atoms with van der Waals surface area (Å²) in [6.45, 7) is 4.34. The van der Waals surface area contributed by atoms with Gasteiger partial charge in [0.1, 0.15) is 6.54 Å². The number of hydrazone groups is 1. The molecular weight excluding hydrogens is 364 g/mol. The molecule has 146 valence electrons. The van der Waals surface area contributed by atoms with Crippen molar-refractivity contribution in [1.29, 1.82) is 0 Å². The number of nitrogens with zero attached hydrogens (tertiary/aromatic N) is 3. The van der Waals surface area contributed by atoms with Gasteiger partial charge in [0.05, 0.1) is 11.9 Å². The zero-order valence-corrected chi connectivity index (χ0v) is 16.5. The summed E-state index contributed by atoms with van der Waals surface area (Å²) >= 11 is 0. The Kier molecular flexibility index (Phi) is 3.84. The number of hydrogen-bond acceptors (Lipinski definition) is 3. The van der Waals surface area contributed by atoms with Crippen LogP contribution in [0.2, 0.25) is 0 Å². The van der Waals surface area contributed by atoms with Crippen LogP contribution in [0.15, 0.2) is 53.6 Å². The second-order valence-electron chi connectivity index (χ2n) is 7.91. The summed E-state index contributed by atoms with van der Waals surface area (Å²) in [7, 11) is 0. The molecular formula is C23H22N4O2. The SMILES string of the molecule is Cc1ccc(C=NN2CC(=O)N3CCc4c([nH]c5ccccc45)C3(C)C2=O)cc1. The van der Waals surface area contributed by atoms with E-state index < -0.39 is 5.54 Å². The van der Waals surface area contributed by atoms with Gasteiger partial charge in [-0.05, 0) is 37.5 Å². The summed E-state index contributed by atoms with van der Waals surface area (Å²) < 4.78 is 0. The van der Waals surface area contributed by atoms with Gasteiger partial charge in [-0.25, -0.2) is 5.01 Å². The summed E-state index contributed by atoms with van der Waals surface area (Å²) in [6, 6.07) is 15.9. The fraction of sp³-hybridized carbons (Fsp3) is 0.261. The van der Waals surface area contributed by atoms with E-state index in [1.165, 1.54) is 5.01 Å². The topological polar surface area (TPSA) is 68.8 Å². The Morgan fingerprint density at radius 3 is 2.66 bits per heavy atom. The zero-order valence-electron chi connectivity index (χ0n) is 16.5. The summed E-state index contributed by atoms with van der Waals surface area (Å²) in [5.41, 5.74) is 3.87. The molecule has 1 fully saturated rings. The predicted octanol–water partition coefficient (Wildman–Crippen LogP) is 2.95. The number of carbonyl (C=O) groups is 2. The van der Waals surface area contributed by atoms with Crippen LogP contribution >= 0.6 is 0 Å². The number of benzene rings is 2. The molecule has 29 heavy (non-hydrogen) atoms. The molecule has 3 heterocycles. The minimum absolute atomic E-state index is 0.0354. The number of para-hydroxylation sites is 1. The maximum absolute atomic E-state index is 13.5. The summed E-state index contributed by atoms with van der Waals surface area (Å²) in [4.78, 5) is 31.6. The average Bonchev–Trinajstić information content (AvgIpc) is 3.11. The second kappa shape index (κ2) is 6.30. The first-order valence-corrected chi connectivity index (χ1v) is 9.81. The van der Waals surface area contributed by atoms with E-state index in [4.69, 9.17) is 0 Å². The third-order valence-electron chi connectivity index (χ3n) is 6.09. The number of amides is 2. The number of hydrogen-bond donors (Lipinski definition) is 1. The number of aryl methyl sites for hydroxylation is 1. The van der Waals surface area contributed by atoms with Crippen molar-refractivity contribution < 1.29 is 9.59 Å². The highest BCUT2D eigenvalue weighted by molar-refractivity contribution is 6.01. The maximum Gasteiger partial charge on any atom is 0.275 e. The highest BCUT2D eigenvalue weighted by atomic mass is 16.2. The third-order valence-corrected chi connectivity index (χ3v) is 6.09. The molecule has 2 amide bonds. The van der Waals surface area contributed by atoms with Gasteiger partial charge in [-0.2, -0.15) is 5.10 Å². The average molecular weight is 386 g/mol. The Balaban J connectivity index is 1.56. The molecule has 1 saturated heterocycles. The fourth-order valence-corrected chi connectivity index (χ4v) is 4.47. The monoisotopic (exact) mass is 386 g/mol. The molecule has 1 aromatic heterocycles. The van der Waals surface area contributed by atoms with Crippen molar-refractivity contribution in [3.63, 3.8) is 0 Å². The molecule has 5 rings (SSSR count). The van der Waals surface area contributed by atoms with Gasteiger partial charge in [-0.1, -0.05) is 48.0 Å². The molecule has 1 unspecified atom stereocenters. The minimum atomic E-state index is -1.08. The lowest BCUT2D eigenvalue weighted by atomic mass is 9.83. The number of rotatable bonds is 2. The minimum Gasteiger partial charge on any atom is -0.356 e. The van der Waals surface area contributed by atoms with Crippen LogP contribution in [0, 0.1) is 6.92 Å². The number of H-pyrrole nitrogens is 1. The predicted molar refractivity (Wildman–Crippen MR) is 112 cm³/mol. The lowest BCUT2D eigenvalue weighted by Gasteiger charge is -2.48. The molecule has 2 aromatic carbocycles. The Morgan fingerprint density at radius 2 is 1.86 bits per heavy atom. The second-order valence-corrected chi connectivity index (χ2v) is 7.91. The number of aromatic amines is 1. The van der Waals surface area contributed by atoms with Gasteiger partial charge in [-0.15, -0.1) is 0 Å². The van der Waals surface area contributed by atoms with Gasteiger partial charge >= 0.3 is 0 Å². The van der Waals surface area contributed by atoms with Crippen molar-refractivity contribution in [2.24, 2.45) is 5.10 Å². The molecule has 6 heteroatoms. The standard InChI is InChI=1S/C23H22N4O2/c1-15-7-9-16(10-8-15)13-24-27-14-20(28)26-12-11-18-17-5-3-4-6-19(17)25-21(18)23(26,2)22(27)29/h3-10,13,25H,11-12,14H2,1-2H3. The molecule has 2 aliphatic heterocycles. The van der Waals surface area contributed by atoms with E-state index in [-0.39, 0.29) is 18.4 Å². The van der Waals surface area contributed by atoms with Crippen LogP contribution in [0.4, 0.5) is 0 Å². The first-order valence-electron chi connectivity index (χ1n) is 9.81. The molecule has 3 aromatic rings. The smallest absolute Gasteiger partial charge is 0.275 e.